The van der Waals surface area contributed by atoms with Gasteiger partial charge in [0.1, 0.15) is 5.54 Å². The second-order valence-corrected chi connectivity index (χ2v) is 9.50. The van der Waals surface area contributed by atoms with Gasteiger partial charge in [0.05, 0.1) is 26.1 Å². The van der Waals surface area contributed by atoms with Crippen LogP contribution in [0.4, 0.5) is 5.69 Å². The van der Waals surface area contributed by atoms with Crippen molar-refractivity contribution in [2.24, 2.45) is 17.6 Å². The first-order valence-electron chi connectivity index (χ1n) is 11.8. The molecule has 4 atom stereocenters. The van der Waals surface area contributed by atoms with E-state index < -0.39 is 47.0 Å². The first-order chi connectivity index (χ1) is 17.2. The lowest BCUT2D eigenvalue weighted by molar-refractivity contribution is -0.142. The Morgan fingerprint density at radius 3 is 2.50 bits per heavy atom. The first-order valence-corrected chi connectivity index (χ1v) is 11.8. The molecule has 3 aliphatic rings. The highest BCUT2D eigenvalue weighted by Gasteiger charge is 2.70. The van der Waals surface area contributed by atoms with Crippen molar-refractivity contribution in [1.29, 1.82) is 0 Å². The standard InChI is InChI=1S/C26H28N4O6/c1-13-4-6-16-15(10-13)26(25(34)28-16)22-21(17(29-26)12-20(27)31)23(32)30(24(22)33)9-8-14-5-7-18(35-2)19(11-14)36-3/h4-7,10-11,17,21-22,29H,8-9,12H2,1-3H3,(H2,27,31)(H,28,34)/t17-,21-,22-,26-/m1/s1. The summed E-state index contributed by atoms with van der Waals surface area (Å²) in [5, 5.41) is 6.05. The van der Waals surface area contributed by atoms with E-state index in [2.05, 4.69) is 10.6 Å². The number of primary amides is 1. The molecule has 3 aliphatic heterocycles. The summed E-state index contributed by atoms with van der Waals surface area (Å²) in [7, 11) is 3.08. The predicted molar refractivity (Wildman–Crippen MR) is 129 cm³/mol. The largest absolute Gasteiger partial charge is 0.493 e. The number of anilines is 1. The van der Waals surface area contributed by atoms with Crippen molar-refractivity contribution >= 4 is 29.3 Å². The summed E-state index contributed by atoms with van der Waals surface area (Å²) in [6.07, 6.45) is 0.222. The Morgan fingerprint density at radius 1 is 1.06 bits per heavy atom. The minimum absolute atomic E-state index is 0.127. The summed E-state index contributed by atoms with van der Waals surface area (Å²) in [5.41, 5.74) is 6.99. The second kappa shape index (κ2) is 8.63. The smallest absolute Gasteiger partial charge is 0.250 e. The SMILES string of the molecule is COc1ccc(CCN2C(=O)[C@@H]3[C@@H](CC(N)=O)N[C@@]4(C(=O)Nc5ccc(C)cc54)[C@H]3C2=O)cc1OC. The van der Waals surface area contributed by atoms with Crippen molar-refractivity contribution in [2.45, 2.75) is 31.3 Å². The second-order valence-electron chi connectivity index (χ2n) is 9.50. The number of carbonyl (C=O) groups is 4. The molecular weight excluding hydrogens is 464 g/mol. The zero-order valence-corrected chi connectivity index (χ0v) is 20.3. The molecule has 0 unspecified atom stereocenters. The number of rotatable bonds is 7. The molecule has 5 rings (SSSR count). The Bertz CT molecular complexity index is 1290. The molecule has 0 radical (unpaired) electrons. The van der Waals surface area contributed by atoms with Gasteiger partial charge in [0.25, 0.3) is 0 Å². The third-order valence-electron chi connectivity index (χ3n) is 7.45. The van der Waals surface area contributed by atoms with E-state index in [1.54, 1.807) is 25.3 Å². The molecule has 10 heteroatoms. The summed E-state index contributed by atoms with van der Waals surface area (Å²) in [4.78, 5) is 53.9. The minimum atomic E-state index is -1.45. The van der Waals surface area contributed by atoms with Crippen LogP contribution in [-0.4, -0.2) is 55.3 Å². The minimum Gasteiger partial charge on any atom is -0.493 e. The highest BCUT2D eigenvalue weighted by atomic mass is 16.5. The molecule has 0 aromatic heterocycles. The van der Waals surface area contributed by atoms with Crippen molar-refractivity contribution in [2.75, 3.05) is 26.1 Å². The number of carbonyl (C=O) groups excluding carboxylic acids is 4. The van der Waals surface area contributed by atoms with E-state index >= 15 is 0 Å². The molecule has 1 spiro atoms. The Morgan fingerprint density at radius 2 is 1.81 bits per heavy atom. The van der Waals surface area contributed by atoms with Crippen LogP contribution in [-0.2, 0) is 31.1 Å². The van der Waals surface area contributed by atoms with Crippen LogP contribution >= 0.6 is 0 Å². The van der Waals surface area contributed by atoms with Crippen molar-refractivity contribution in [3.8, 4) is 11.5 Å². The molecular formula is C26H28N4O6. The lowest BCUT2D eigenvalue weighted by Crippen LogP contribution is -2.53. The third kappa shape index (κ3) is 3.43. The summed E-state index contributed by atoms with van der Waals surface area (Å²) in [6.45, 7) is 2.02. The average Bonchev–Trinajstić information content (AvgIpc) is 3.41. The molecule has 2 aromatic carbocycles. The number of hydrogen-bond donors (Lipinski definition) is 3. The summed E-state index contributed by atoms with van der Waals surface area (Å²) in [5.74, 6) is -2.61. The molecule has 2 fully saturated rings. The van der Waals surface area contributed by atoms with E-state index in [1.165, 1.54) is 12.0 Å². The fourth-order valence-corrected chi connectivity index (χ4v) is 5.86. The van der Waals surface area contributed by atoms with Gasteiger partial charge in [-0.3, -0.25) is 29.4 Å². The van der Waals surface area contributed by atoms with Crippen LogP contribution in [0, 0.1) is 18.8 Å². The van der Waals surface area contributed by atoms with E-state index in [9.17, 15) is 19.2 Å². The average molecular weight is 493 g/mol. The van der Waals surface area contributed by atoms with Gasteiger partial charge in [-0.2, -0.15) is 0 Å². The predicted octanol–water partition coefficient (Wildman–Crippen LogP) is 0.851. The van der Waals surface area contributed by atoms with Crippen LogP contribution in [0.3, 0.4) is 0 Å². The molecule has 10 nitrogen and oxygen atoms in total. The Labute approximate surface area is 208 Å². The molecule has 2 aromatic rings. The number of benzene rings is 2. The third-order valence-corrected chi connectivity index (χ3v) is 7.45. The zero-order valence-electron chi connectivity index (χ0n) is 20.3. The van der Waals surface area contributed by atoms with Gasteiger partial charge in [-0.15, -0.1) is 0 Å². The molecule has 188 valence electrons. The Balaban J connectivity index is 1.49. The number of amides is 4. The van der Waals surface area contributed by atoms with E-state index in [0.29, 0.717) is 29.2 Å². The number of nitrogens with one attached hydrogen (secondary N) is 2. The van der Waals surface area contributed by atoms with Gasteiger partial charge in [-0.1, -0.05) is 23.8 Å². The van der Waals surface area contributed by atoms with Crippen LogP contribution in [0.5, 0.6) is 11.5 Å². The number of methoxy groups -OCH3 is 2. The maximum Gasteiger partial charge on any atom is 0.250 e. The number of fused-ring (bicyclic) bond motifs is 4. The lowest BCUT2D eigenvalue weighted by atomic mass is 9.76. The van der Waals surface area contributed by atoms with Crippen LogP contribution in [0.15, 0.2) is 36.4 Å². The molecule has 3 heterocycles. The molecule has 0 bridgehead atoms. The fraction of sp³-hybridized carbons (Fsp3) is 0.385. The quantitative estimate of drug-likeness (QED) is 0.487. The van der Waals surface area contributed by atoms with Crippen LogP contribution in [0.25, 0.3) is 0 Å². The maximum absolute atomic E-state index is 13.8. The highest BCUT2D eigenvalue weighted by molar-refractivity contribution is 6.15. The van der Waals surface area contributed by atoms with E-state index in [1.807, 2.05) is 25.1 Å². The number of nitrogens with zero attached hydrogens (tertiary/aromatic N) is 1. The maximum atomic E-state index is 13.8. The number of nitrogens with two attached hydrogens (primary N) is 1. The number of ether oxygens (including phenoxy) is 2. The van der Waals surface area contributed by atoms with Gasteiger partial charge in [-0.25, -0.2) is 0 Å². The molecule has 4 amide bonds. The van der Waals surface area contributed by atoms with Crippen LogP contribution in [0.2, 0.25) is 0 Å². The Kier molecular flexibility index (Phi) is 5.71. The van der Waals surface area contributed by atoms with E-state index in [4.69, 9.17) is 15.2 Å². The normalized spacial score (nSPS) is 26.2. The number of aryl methyl sites for hydroxylation is 1. The van der Waals surface area contributed by atoms with E-state index in [0.717, 1.165) is 11.1 Å². The fourth-order valence-electron chi connectivity index (χ4n) is 5.86. The highest BCUT2D eigenvalue weighted by Crippen LogP contribution is 2.53. The van der Waals surface area contributed by atoms with Gasteiger partial charge in [0.2, 0.25) is 23.6 Å². The topological polar surface area (TPSA) is 140 Å². The van der Waals surface area contributed by atoms with Gasteiger partial charge in [0.15, 0.2) is 11.5 Å². The molecule has 4 N–H and O–H groups in total. The summed E-state index contributed by atoms with van der Waals surface area (Å²) in [6, 6.07) is 10.2. The van der Waals surface area contributed by atoms with Crippen molar-refractivity contribution in [1.82, 2.24) is 10.2 Å². The van der Waals surface area contributed by atoms with Gasteiger partial charge < -0.3 is 20.5 Å². The summed E-state index contributed by atoms with van der Waals surface area (Å²) < 4.78 is 10.6. The molecule has 2 saturated heterocycles. The summed E-state index contributed by atoms with van der Waals surface area (Å²) >= 11 is 0. The first kappa shape index (κ1) is 23.8. The van der Waals surface area contributed by atoms with Crippen LogP contribution in [0.1, 0.15) is 23.1 Å². The van der Waals surface area contributed by atoms with Crippen LogP contribution < -0.4 is 25.8 Å². The van der Waals surface area contributed by atoms with E-state index in [-0.39, 0.29) is 13.0 Å². The van der Waals surface area contributed by atoms with Gasteiger partial charge in [0, 0.05) is 30.3 Å². The molecule has 0 aliphatic carbocycles. The number of imide groups is 1. The molecule has 0 saturated carbocycles. The monoisotopic (exact) mass is 492 g/mol. The van der Waals surface area contributed by atoms with Crippen molar-refractivity contribution < 1.29 is 28.7 Å². The van der Waals surface area contributed by atoms with Gasteiger partial charge in [-0.05, 0) is 37.1 Å². The number of hydrogen-bond acceptors (Lipinski definition) is 7. The van der Waals surface area contributed by atoms with Crippen molar-refractivity contribution in [3.63, 3.8) is 0 Å². The lowest BCUT2D eigenvalue weighted by Gasteiger charge is -2.29. The zero-order chi connectivity index (χ0) is 25.8. The number of likely N-dealkylation sites (tertiary alicyclic amines) is 1. The van der Waals surface area contributed by atoms with Crippen molar-refractivity contribution in [3.05, 3.63) is 53.1 Å². The van der Waals surface area contributed by atoms with Gasteiger partial charge >= 0.3 is 0 Å². The molecule has 36 heavy (non-hydrogen) atoms. The Hall–Kier alpha value is -3.92.